The van der Waals surface area contributed by atoms with Gasteiger partial charge < -0.3 is 14.8 Å². The lowest BCUT2D eigenvalue weighted by atomic mass is 10.1. The van der Waals surface area contributed by atoms with Crippen LogP contribution in [0.4, 0.5) is 4.79 Å². The number of amides is 3. The molecule has 2 rings (SSSR count). The van der Waals surface area contributed by atoms with Gasteiger partial charge >= 0.3 is 6.03 Å². The molecule has 3 amide bonds. The molecule has 0 aliphatic carbocycles. The van der Waals surface area contributed by atoms with Crippen LogP contribution in [0.5, 0.6) is 11.5 Å². The van der Waals surface area contributed by atoms with Crippen molar-refractivity contribution in [1.29, 1.82) is 0 Å². The largest absolute Gasteiger partial charge is 0.490 e. The zero-order chi connectivity index (χ0) is 18.4. The summed E-state index contributed by atoms with van der Waals surface area (Å²) in [5.74, 6) is 0.812. The Labute approximate surface area is 160 Å². The van der Waals surface area contributed by atoms with Crippen molar-refractivity contribution < 1.29 is 19.1 Å². The Hall–Kier alpha value is -2.29. The molecule has 6 nitrogen and oxygen atoms in total. The van der Waals surface area contributed by atoms with Gasteiger partial charge in [0.25, 0.3) is 5.91 Å². The standard InChI is InChI=1S/C18H19IN2O4/c1-4-7-21-17(22)14(20-18(21)23)10-12-9-13(19)16(25-8-5-2)15(11-12)24-6-3/h4-5,9-11H,1-2,6-8H2,3H3,(H,20,23)/b14-10+. The lowest BCUT2D eigenvalue weighted by Gasteiger charge is -2.14. The van der Waals surface area contributed by atoms with Gasteiger partial charge in [-0.2, -0.15) is 0 Å². The monoisotopic (exact) mass is 454 g/mol. The summed E-state index contributed by atoms with van der Waals surface area (Å²) in [5.41, 5.74) is 0.938. The molecule has 7 heteroatoms. The first-order chi connectivity index (χ1) is 12.0. The zero-order valence-electron chi connectivity index (χ0n) is 13.9. The number of rotatable bonds is 8. The third kappa shape index (κ3) is 4.41. The molecule has 1 fully saturated rings. The topological polar surface area (TPSA) is 67.9 Å². The molecule has 1 aliphatic rings. The number of halogens is 1. The average Bonchev–Trinajstić information content (AvgIpc) is 2.82. The van der Waals surface area contributed by atoms with Gasteiger partial charge in [-0.15, -0.1) is 6.58 Å². The zero-order valence-corrected chi connectivity index (χ0v) is 16.0. The third-order valence-corrected chi connectivity index (χ3v) is 4.06. The molecule has 0 saturated carbocycles. The van der Waals surface area contributed by atoms with Gasteiger partial charge in [-0.05, 0) is 53.3 Å². The van der Waals surface area contributed by atoms with Crippen molar-refractivity contribution in [2.75, 3.05) is 19.8 Å². The number of hydrogen-bond acceptors (Lipinski definition) is 4. The fourth-order valence-corrected chi connectivity index (χ4v) is 3.03. The van der Waals surface area contributed by atoms with Gasteiger partial charge in [0.15, 0.2) is 11.5 Å². The van der Waals surface area contributed by atoms with E-state index in [0.717, 1.165) is 14.0 Å². The Morgan fingerprint density at radius 3 is 2.64 bits per heavy atom. The lowest BCUT2D eigenvalue weighted by Crippen LogP contribution is -2.30. The van der Waals surface area contributed by atoms with Gasteiger partial charge in [0.05, 0.1) is 10.2 Å². The summed E-state index contributed by atoms with van der Waals surface area (Å²) in [6.07, 6.45) is 4.77. The Kier molecular flexibility index (Phi) is 6.63. The maximum atomic E-state index is 12.3. The molecule has 1 aliphatic heterocycles. The molecule has 1 heterocycles. The Morgan fingerprint density at radius 1 is 1.24 bits per heavy atom. The van der Waals surface area contributed by atoms with Crippen LogP contribution >= 0.6 is 22.6 Å². The molecular weight excluding hydrogens is 435 g/mol. The highest BCUT2D eigenvalue weighted by Gasteiger charge is 2.32. The molecule has 0 radical (unpaired) electrons. The maximum absolute atomic E-state index is 12.3. The summed E-state index contributed by atoms with van der Waals surface area (Å²) < 4.78 is 12.1. The summed E-state index contributed by atoms with van der Waals surface area (Å²) in [6.45, 7) is 10.1. The number of benzene rings is 1. The van der Waals surface area contributed by atoms with E-state index in [0.29, 0.717) is 24.7 Å². The number of hydrogen-bond donors (Lipinski definition) is 1. The highest BCUT2D eigenvalue weighted by atomic mass is 127. The van der Waals surface area contributed by atoms with E-state index in [4.69, 9.17) is 9.47 Å². The van der Waals surface area contributed by atoms with Gasteiger partial charge in [-0.1, -0.05) is 18.7 Å². The van der Waals surface area contributed by atoms with Crippen LogP contribution in [0.2, 0.25) is 0 Å². The maximum Gasteiger partial charge on any atom is 0.329 e. The Bertz CT molecular complexity index is 743. The molecule has 1 aromatic rings. The number of nitrogens with zero attached hydrogens (tertiary/aromatic N) is 1. The average molecular weight is 454 g/mol. The second-order valence-electron chi connectivity index (χ2n) is 5.06. The molecule has 132 valence electrons. The summed E-state index contributed by atoms with van der Waals surface area (Å²) in [5, 5.41) is 2.57. The molecular formula is C18H19IN2O4. The Balaban J connectivity index is 2.36. The number of carbonyl (C=O) groups is 2. The fourth-order valence-electron chi connectivity index (χ4n) is 2.25. The molecule has 0 bridgehead atoms. The van der Waals surface area contributed by atoms with Crippen molar-refractivity contribution in [3.8, 4) is 11.5 Å². The number of carbonyl (C=O) groups excluding carboxylic acids is 2. The van der Waals surface area contributed by atoms with Crippen LogP contribution < -0.4 is 14.8 Å². The third-order valence-electron chi connectivity index (χ3n) is 3.26. The van der Waals surface area contributed by atoms with Crippen molar-refractivity contribution in [3.63, 3.8) is 0 Å². The Morgan fingerprint density at radius 2 is 2.00 bits per heavy atom. The van der Waals surface area contributed by atoms with Gasteiger partial charge in [-0.25, -0.2) is 4.79 Å². The molecule has 1 N–H and O–H groups in total. The van der Waals surface area contributed by atoms with Gasteiger partial charge in [0, 0.05) is 6.54 Å². The van der Waals surface area contributed by atoms with Crippen LogP contribution in [-0.4, -0.2) is 36.6 Å². The van der Waals surface area contributed by atoms with E-state index in [1.54, 1.807) is 18.2 Å². The SMILES string of the molecule is C=CCOc1c(I)cc(/C=C2/NC(=O)N(CC=C)C2=O)cc1OCC. The van der Waals surface area contributed by atoms with Crippen LogP contribution in [0.25, 0.3) is 6.08 Å². The summed E-state index contributed by atoms with van der Waals surface area (Å²) in [4.78, 5) is 25.2. The van der Waals surface area contributed by atoms with E-state index in [1.807, 2.05) is 13.0 Å². The van der Waals surface area contributed by atoms with Crippen LogP contribution in [0.3, 0.4) is 0 Å². The van der Waals surface area contributed by atoms with E-state index in [2.05, 4.69) is 41.1 Å². The van der Waals surface area contributed by atoms with E-state index in [9.17, 15) is 9.59 Å². The summed E-state index contributed by atoms with van der Waals surface area (Å²) in [7, 11) is 0. The fraction of sp³-hybridized carbons (Fsp3) is 0.222. The second kappa shape index (κ2) is 8.70. The van der Waals surface area contributed by atoms with E-state index in [-0.39, 0.29) is 18.1 Å². The minimum Gasteiger partial charge on any atom is -0.490 e. The first-order valence-corrected chi connectivity index (χ1v) is 8.75. The molecule has 0 unspecified atom stereocenters. The van der Waals surface area contributed by atoms with Crippen molar-refractivity contribution in [2.24, 2.45) is 0 Å². The smallest absolute Gasteiger partial charge is 0.329 e. The molecule has 0 spiro atoms. The highest BCUT2D eigenvalue weighted by Crippen LogP contribution is 2.35. The number of urea groups is 1. The predicted molar refractivity (Wildman–Crippen MR) is 104 cm³/mol. The summed E-state index contributed by atoms with van der Waals surface area (Å²) in [6, 6.07) is 3.17. The molecule has 25 heavy (non-hydrogen) atoms. The quantitative estimate of drug-likeness (QED) is 0.283. The van der Waals surface area contributed by atoms with Crippen LogP contribution in [-0.2, 0) is 4.79 Å². The van der Waals surface area contributed by atoms with Gasteiger partial charge in [0.2, 0.25) is 0 Å². The molecule has 0 aromatic heterocycles. The number of nitrogens with one attached hydrogen (secondary N) is 1. The number of imide groups is 1. The minimum atomic E-state index is -0.457. The van der Waals surface area contributed by atoms with Crippen molar-refractivity contribution in [1.82, 2.24) is 10.2 Å². The first kappa shape index (κ1) is 19.0. The first-order valence-electron chi connectivity index (χ1n) is 7.67. The summed E-state index contributed by atoms with van der Waals surface area (Å²) >= 11 is 2.14. The van der Waals surface area contributed by atoms with E-state index in [1.165, 1.54) is 6.08 Å². The molecule has 0 atom stereocenters. The minimum absolute atomic E-state index is 0.165. The number of ether oxygens (including phenoxy) is 2. The van der Waals surface area contributed by atoms with Gasteiger partial charge in [0.1, 0.15) is 12.3 Å². The van der Waals surface area contributed by atoms with E-state index < -0.39 is 6.03 Å². The lowest BCUT2D eigenvalue weighted by molar-refractivity contribution is -0.122. The predicted octanol–water partition coefficient (Wildman–Crippen LogP) is 3.33. The molecule has 1 aromatic carbocycles. The van der Waals surface area contributed by atoms with Crippen molar-refractivity contribution >= 4 is 40.6 Å². The second-order valence-corrected chi connectivity index (χ2v) is 6.22. The highest BCUT2D eigenvalue weighted by molar-refractivity contribution is 14.1. The van der Waals surface area contributed by atoms with Crippen molar-refractivity contribution in [2.45, 2.75) is 6.92 Å². The van der Waals surface area contributed by atoms with Crippen LogP contribution in [0.15, 0.2) is 43.1 Å². The normalized spacial score (nSPS) is 15.3. The molecule has 1 saturated heterocycles. The van der Waals surface area contributed by atoms with Crippen LogP contribution in [0.1, 0.15) is 12.5 Å². The van der Waals surface area contributed by atoms with E-state index >= 15 is 0 Å². The van der Waals surface area contributed by atoms with Crippen LogP contribution in [0, 0.1) is 3.57 Å². The van der Waals surface area contributed by atoms with Gasteiger partial charge in [-0.3, -0.25) is 9.69 Å². The van der Waals surface area contributed by atoms with Crippen molar-refractivity contribution in [3.05, 3.63) is 52.3 Å².